The number of halogens is 2. The number of hydrogen-bond donors (Lipinski definition) is 1. The van der Waals surface area contributed by atoms with Gasteiger partial charge in [-0.05, 0) is 69.2 Å². The zero-order valence-corrected chi connectivity index (χ0v) is 13.5. The number of rotatable bonds is 5. The van der Waals surface area contributed by atoms with Gasteiger partial charge in [0.25, 0.3) is 0 Å². The van der Waals surface area contributed by atoms with Gasteiger partial charge in [-0.15, -0.1) is 0 Å². The van der Waals surface area contributed by atoms with E-state index in [2.05, 4.69) is 39.9 Å². The van der Waals surface area contributed by atoms with E-state index in [1.807, 2.05) is 0 Å². The summed E-state index contributed by atoms with van der Waals surface area (Å²) in [6.07, 6.45) is 1.37. The van der Waals surface area contributed by atoms with Crippen molar-refractivity contribution in [2.45, 2.75) is 59.9 Å². The highest BCUT2D eigenvalue weighted by atomic mass is 19.1. The van der Waals surface area contributed by atoms with E-state index in [-0.39, 0.29) is 22.6 Å². The molecular formula is C17H27F2N. The van der Waals surface area contributed by atoms with Crippen LogP contribution in [0.2, 0.25) is 0 Å². The summed E-state index contributed by atoms with van der Waals surface area (Å²) in [5, 5.41) is 3.47. The van der Waals surface area contributed by atoms with Crippen LogP contribution in [0.25, 0.3) is 0 Å². The van der Waals surface area contributed by atoms with Crippen LogP contribution in [0.1, 0.15) is 52.2 Å². The minimum absolute atomic E-state index is 0.0427. The Labute approximate surface area is 121 Å². The largest absolute Gasteiger partial charge is 0.312 e. The van der Waals surface area contributed by atoms with Crippen molar-refractivity contribution in [3.05, 3.63) is 34.9 Å². The molecule has 0 unspecified atom stereocenters. The standard InChI is InChI=1S/C17H27F2N/c1-12-9-15(19)13(10-14(12)18)7-8-17(5,6)11-20-16(2,3)4/h9-10,20H,7-8,11H2,1-6H3. The van der Waals surface area contributed by atoms with Gasteiger partial charge in [0.05, 0.1) is 0 Å². The normalized spacial score (nSPS) is 12.8. The van der Waals surface area contributed by atoms with Gasteiger partial charge in [0.15, 0.2) is 0 Å². The quantitative estimate of drug-likeness (QED) is 0.831. The fourth-order valence-corrected chi connectivity index (χ4v) is 1.94. The molecule has 0 spiro atoms. The predicted octanol–water partition coefficient (Wildman–Crippen LogP) is 4.62. The van der Waals surface area contributed by atoms with Gasteiger partial charge >= 0.3 is 0 Å². The summed E-state index contributed by atoms with van der Waals surface area (Å²) in [6.45, 7) is 13.1. The Balaban J connectivity index is 2.64. The van der Waals surface area contributed by atoms with Gasteiger partial charge in [-0.25, -0.2) is 8.78 Å². The Morgan fingerprint density at radius 1 is 1.00 bits per heavy atom. The molecule has 0 radical (unpaired) electrons. The number of nitrogens with one attached hydrogen (secondary N) is 1. The maximum Gasteiger partial charge on any atom is 0.126 e. The highest BCUT2D eigenvalue weighted by molar-refractivity contribution is 5.25. The minimum Gasteiger partial charge on any atom is -0.312 e. The first-order valence-corrected chi connectivity index (χ1v) is 7.20. The molecular weight excluding hydrogens is 256 g/mol. The van der Waals surface area contributed by atoms with Crippen LogP contribution >= 0.6 is 0 Å². The molecule has 1 N–H and O–H groups in total. The van der Waals surface area contributed by atoms with Gasteiger partial charge in [-0.2, -0.15) is 0 Å². The smallest absolute Gasteiger partial charge is 0.126 e. The van der Waals surface area contributed by atoms with E-state index in [0.29, 0.717) is 17.5 Å². The Bertz CT molecular complexity index is 459. The first kappa shape index (κ1) is 17.1. The molecule has 0 atom stereocenters. The molecule has 0 heterocycles. The minimum atomic E-state index is -0.327. The van der Waals surface area contributed by atoms with Crippen LogP contribution in [0.4, 0.5) is 8.78 Å². The van der Waals surface area contributed by atoms with E-state index >= 15 is 0 Å². The van der Waals surface area contributed by atoms with E-state index in [9.17, 15) is 8.78 Å². The second-order valence-corrected chi connectivity index (χ2v) is 7.46. The molecule has 1 aromatic rings. The highest BCUT2D eigenvalue weighted by Gasteiger charge is 2.21. The van der Waals surface area contributed by atoms with Crippen LogP contribution in [0.5, 0.6) is 0 Å². The molecule has 0 amide bonds. The van der Waals surface area contributed by atoms with Gasteiger partial charge in [0.2, 0.25) is 0 Å². The second kappa shape index (κ2) is 6.21. The van der Waals surface area contributed by atoms with E-state index in [1.54, 1.807) is 6.92 Å². The molecule has 0 aromatic heterocycles. The molecule has 3 heteroatoms. The third-order valence-corrected chi connectivity index (χ3v) is 3.50. The van der Waals surface area contributed by atoms with Gasteiger partial charge < -0.3 is 5.32 Å². The number of aryl methyl sites for hydroxylation is 2. The lowest BCUT2D eigenvalue weighted by molar-refractivity contribution is 0.272. The summed E-state index contributed by atoms with van der Waals surface area (Å²) in [6, 6.07) is 2.61. The number of benzene rings is 1. The maximum absolute atomic E-state index is 13.8. The molecule has 0 saturated carbocycles. The van der Waals surface area contributed by atoms with Crippen LogP contribution in [0.3, 0.4) is 0 Å². The molecule has 1 nitrogen and oxygen atoms in total. The van der Waals surface area contributed by atoms with Crippen LogP contribution in [0, 0.1) is 24.0 Å². The molecule has 1 aromatic carbocycles. The monoisotopic (exact) mass is 283 g/mol. The Kier molecular flexibility index (Phi) is 5.31. The third-order valence-electron chi connectivity index (χ3n) is 3.50. The maximum atomic E-state index is 13.8. The summed E-state index contributed by atoms with van der Waals surface area (Å²) in [7, 11) is 0. The van der Waals surface area contributed by atoms with Crippen LogP contribution in [0.15, 0.2) is 12.1 Å². The van der Waals surface area contributed by atoms with Crippen molar-refractivity contribution < 1.29 is 8.78 Å². The third kappa shape index (κ3) is 5.58. The fourth-order valence-electron chi connectivity index (χ4n) is 1.94. The molecule has 114 valence electrons. The summed E-state index contributed by atoms with van der Waals surface area (Å²) >= 11 is 0. The van der Waals surface area contributed by atoms with E-state index in [4.69, 9.17) is 0 Å². The van der Waals surface area contributed by atoms with Crippen molar-refractivity contribution in [1.29, 1.82) is 0 Å². The van der Waals surface area contributed by atoms with Crippen molar-refractivity contribution in [1.82, 2.24) is 5.32 Å². The topological polar surface area (TPSA) is 12.0 Å². The molecule has 0 aliphatic carbocycles. The summed E-state index contributed by atoms with van der Waals surface area (Å²) in [4.78, 5) is 0. The summed E-state index contributed by atoms with van der Waals surface area (Å²) in [5.41, 5.74) is 0.941. The molecule has 0 fully saturated rings. The molecule has 20 heavy (non-hydrogen) atoms. The lowest BCUT2D eigenvalue weighted by Gasteiger charge is -2.30. The van der Waals surface area contributed by atoms with Crippen molar-refractivity contribution in [3.8, 4) is 0 Å². The Morgan fingerprint density at radius 3 is 2.15 bits per heavy atom. The lowest BCUT2D eigenvalue weighted by atomic mass is 9.85. The van der Waals surface area contributed by atoms with Crippen LogP contribution in [-0.2, 0) is 6.42 Å². The summed E-state index contributed by atoms with van der Waals surface area (Å²) < 4.78 is 27.3. The van der Waals surface area contributed by atoms with Crippen LogP contribution < -0.4 is 5.32 Å². The van der Waals surface area contributed by atoms with Crippen molar-refractivity contribution in [2.24, 2.45) is 5.41 Å². The van der Waals surface area contributed by atoms with Gasteiger partial charge in [-0.1, -0.05) is 13.8 Å². The van der Waals surface area contributed by atoms with Gasteiger partial charge in [0, 0.05) is 12.1 Å². The lowest BCUT2D eigenvalue weighted by Crippen LogP contribution is -2.42. The van der Waals surface area contributed by atoms with E-state index < -0.39 is 0 Å². The SMILES string of the molecule is Cc1cc(F)c(CCC(C)(C)CNC(C)(C)C)cc1F. The Hall–Kier alpha value is -0.960. The van der Waals surface area contributed by atoms with E-state index in [1.165, 1.54) is 12.1 Å². The molecule has 0 aliphatic heterocycles. The summed E-state index contributed by atoms with van der Waals surface area (Å²) in [5.74, 6) is -0.629. The first-order valence-electron chi connectivity index (χ1n) is 7.20. The molecule has 0 bridgehead atoms. The van der Waals surface area contributed by atoms with Crippen molar-refractivity contribution in [3.63, 3.8) is 0 Å². The highest BCUT2D eigenvalue weighted by Crippen LogP contribution is 2.25. The molecule has 1 rings (SSSR count). The second-order valence-electron chi connectivity index (χ2n) is 7.46. The number of hydrogen-bond acceptors (Lipinski definition) is 1. The average Bonchev–Trinajstić information content (AvgIpc) is 2.29. The average molecular weight is 283 g/mol. The van der Waals surface area contributed by atoms with E-state index in [0.717, 1.165) is 13.0 Å². The zero-order chi connectivity index (χ0) is 15.6. The first-order chi connectivity index (χ1) is 9.00. The molecule has 0 saturated heterocycles. The van der Waals surface area contributed by atoms with Gasteiger partial charge in [-0.3, -0.25) is 0 Å². The predicted molar refractivity (Wildman–Crippen MR) is 81.0 cm³/mol. The Morgan fingerprint density at radius 2 is 1.60 bits per heavy atom. The molecule has 0 aliphatic rings. The van der Waals surface area contributed by atoms with Crippen molar-refractivity contribution in [2.75, 3.05) is 6.54 Å². The zero-order valence-electron chi connectivity index (χ0n) is 13.5. The van der Waals surface area contributed by atoms with Crippen molar-refractivity contribution >= 4 is 0 Å². The fraction of sp³-hybridized carbons (Fsp3) is 0.647. The van der Waals surface area contributed by atoms with Gasteiger partial charge in [0.1, 0.15) is 11.6 Å². The van der Waals surface area contributed by atoms with Crippen LogP contribution in [-0.4, -0.2) is 12.1 Å².